The van der Waals surface area contributed by atoms with E-state index in [1.807, 2.05) is 48.0 Å². The molecule has 3 aromatic rings. The van der Waals surface area contributed by atoms with Crippen LogP contribution in [0.4, 0.5) is 5.69 Å². The number of thioether (sulfide) groups is 1. The lowest BCUT2D eigenvalue weighted by Gasteiger charge is -2.04. The molecule has 22 heavy (non-hydrogen) atoms. The summed E-state index contributed by atoms with van der Waals surface area (Å²) in [6.07, 6.45) is 3.14. The summed E-state index contributed by atoms with van der Waals surface area (Å²) in [7, 11) is 1.91. The second kappa shape index (κ2) is 6.28. The molecule has 0 spiro atoms. The number of amides is 1. The van der Waals surface area contributed by atoms with E-state index in [0.29, 0.717) is 5.56 Å². The van der Waals surface area contributed by atoms with E-state index >= 15 is 0 Å². The third-order valence-electron chi connectivity index (χ3n) is 3.45. The lowest BCUT2D eigenvalue weighted by molar-refractivity contribution is 0.102. The third-order valence-corrected chi connectivity index (χ3v) is 4.32. The van der Waals surface area contributed by atoms with Gasteiger partial charge in [0.2, 0.25) is 0 Å². The molecule has 0 aliphatic rings. The van der Waals surface area contributed by atoms with Crippen molar-refractivity contribution in [3.8, 4) is 0 Å². The Kier molecular flexibility index (Phi) is 4.20. The van der Waals surface area contributed by atoms with E-state index in [1.165, 1.54) is 4.90 Å². The van der Waals surface area contributed by atoms with Gasteiger partial charge in [0.05, 0.1) is 11.8 Å². The average Bonchev–Trinajstić information content (AvgIpc) is 2.85. The van der Waals surface area contributed by atoms with E-state index < -0.39 is 0 Å². The minimum atomic E-state index is -0.129. The number of nitrogens with zero attached hydrogens (tertiary/aromatic N) is 1. The van der Waals surface area contributed by atoms with Gasteiger partial charge in [-0.15, -0.1) is 11.8 Å². The van der Waals surface area contributed by atoms with Gasteiger partial charge in [0.25, 0.3) is 5.91 Å². The molecule has 0 saturated carbocycles. The van der Waals surface area contributed by atoms with Gasteiger partial charge in [-0.1, -0.05) is 25.1 Å². The molecule has 1 radical (unpaired) electrons. The molecule has 1 N–H and O–H groups in total. The highest BCUT2D eigenvalue weighted by Crippen LogP contribution is 2.27. The predicted molar refractivity (Wildman–Crippen MR) is 92.5 cm³/mol. The second-order valence-corrected chi connectivity index (χ2v) is 6.32. The summed E-state index contributed by atoms with van der Waals surface area (Å²) in [4.78, 5) is 13.7. The van der Waals surface area contributed by atoms with E-state index in [1.54, 1.807) is 11.8 Å². The Morgan fingerprint density at radius 3 is 2.73 bits per heavy atom. The van der Waals surface area contributed by atoms with Crippen LogP contribution in [0.15, 0.2) is 53.4 Å². The van der Waals surface area contributed by atoms with Crippen molar-refractivity contribution in [1.82, 2.24) is 4.57 Å². The summed E-state index contributed by atoms with van der Waals surface area (Å²) >= 11 is 1.77. The first-order chi connectivity index (χ1) is 10.7. The summed E-state index contributed by atoms with van der Waals surface area (Å²) in [5.74, 6) is 0.878. The first-order valence-electron chi connectivity index (χ1n) is 7.20. The molecule has 0 aliphatic carbocycles. The van der Waals surface area contributed by atoms with Gasteiger partial charge in [-0.3, -0.25) is 4.79 Å². The zero-order valence-electron chi connectivity index (χ0n) is 12.6. The van der Waals surface area contributed by atoms with Crippen LogP contribution in [0.1, 0.15) is 17.3 Å². The molecule has 0 fully saturated rings. The number of anilines is 1. The molecule has 1 aromatic heterocycles. The summed E-state index contributed by atoms with van der Waals surface area (Å²) < 4.78 is 1.87. The highest BCUT2D eigenvalue weighted by atomic mass is 32.2. The van der Waals surface area contributed by atoms with Gasteiger partial charge in [-0.05, 0) is 36.1 Å². The number of hydrogen-bond donors (Lipinski definition) is 1. The Bertz CT molecular complexity index is 809. The van der Waals surface area contributed by atoms with Gasteiger partial charge < -0.3 is 9.88 Å². The zero-order chi connectivity index (χ0) is 15.5. The Balaban J connectivity index is 1.98. The number of rotatable bonds is 4. The second-order valence-electron chi connectivity index (χ2n) is 4.98. The summed E-state index contributed by atoms with van der Waals surface area (Å²) in [6, 6.07) is 15.7. The number of hydrogen-bond acceptors (Lipinski definition) is 2. The molecule has 0 bridgehead atoms. The Morgan fingerprint density at radius 1 is 1.23 bits per heavy atom. The predicted octanol–water partition coefficient (Wildman–Crippen LogP) is 4.34. The number of carbonyl (C=O) groups is 1. The fourth-order valence-electron chi connectivity index (χ4n) is 2.44. The van der Waals surface area contributed by atoms with Crippen molar-refractivity contribution in [1.29, 1.82) is 0 Å². The van der Waals surface area contributed by atoms with Crippen LogP contribution in [0.2, 0.25) is 0 Å². The summed E-state index contributed by atoms with van der Waals surface area (Å²) in [5, 5.41) is 3.86. The highest BCUT2D eigenvalue weighted by Gasteiger charge is 2.15. The molecule has 0 unspecified atom stereocenters. The van der Waals surface area contributed by atoms with Crippen molar-refractivity contribution in [3.63, 3.8) is 0 Å². The maximum Gasteiger partial charge on any atom is 0.258 e. The topological polar surface area (TPSA) is 34.0 Å². The molecule has 3 rings (SSSR count). The van der Waals surface area contributed by atoms with E-state index in [2.05, 4.69) is 30.6 Å². The number of aryl methyl sites for hydroxylation is 1. The lowest BCUT2D eigenvalue weighted by atomic mass is 10.1. The summed E-state index contributed by atoms with van der Waals surface area (Å²) in [5.41, 5.74) is 2.38. The van der Waals surface area contributed by atoms with Gasteiger partial charge in [-0.25, -0.2) is 0 Å². The number of carbonyl (C=O) groups excluding carboxylic acids is 1. The Labute approximate surface area is 134 Å². The van der Waals surface area contributed by atoms with Crippen molar-refractivity contribution >= 4 is 34.3 Å². The monoisotopic (exact) mass is 309 g/mol. The largest absolute Gasteiger partial charge is 0.342 e. The minimum absolute atomic E-state index is 0.129. The molecular weight excluding hydrogens is 292 g/mol. The van der Waals surface area contributed by atoms with Crippen LogP contribution < -0.4 is 5.32 Å². The normalized spacial score (nSPS) is 10.8. The highest BCUT2D eigenvalue weighted by molar-refractivity contribution is 7.99. The molecule has 1 amide bonds. The van der Waals surface area contributed by atoms with Crippen LogP contribution in [0.5, 0.6) is 0 Å². The van der Waals surface area contributed by atoms with Crippen LogP contribution in [0.3, 0.4) is 0 Å². The van der Waals surface area contributed by atoms with Crippen LogP contribution >= 0.6 is 11.8 Å². The maximum absolute atomic E-state index is 12.5. The van der Waals surface area contributed by atoms with E-state index in [0.717, 1.165) is 22.3 Å². The lowest BCUT2D eigenvalue weighted by Crippen LogP contribution is -2.11. The number of fused-ring (bicyclic) bond motifs is 1. The number of nitrogens with one attached hydrogen (secondary N) is 1. The van der Waals surface area contributed by atoms with Crippen LogP contribution in [-0.2, 0) is 7.05 Å². The molecule has 0 saturated heterocycles. The van der Waals surface area contributed by atoms with Gasteiger partial charge in [0, 0.05) is 28.5 Å². The van der Waals surface area contributed by atoms with Gasteiger partial charge >= 0.3 is 0 Å². The van der Waals surface area contributed by atoms with E-state index in [4.69, 9.17) is 0 Å². The third kappa shape index (κ3) is 2.88. The molecule has 0 aliphatic heterocycles. The quantitative estimate of drug-likeness (QED) is 0.727. The van der Waals surface area contributed by atoms with Crippen LogP contribution in [0.25, 0.3) is 10.9 Å². The number of para-hydroxylation sites is 1. The number of aromatic nitrogens is 1. The molecule has 2 aromatic carbocycles. The maximum atomic E-state index is 12.5. The van der Waals surface area contributed by atoms with Crippen LogP contribution in [-0.4, -0.2) is 16.2 Å². The van der Waals surface area contributed by atoms with Gasteiger partial charge in [0.1, 0.15) is 0 Å². The van der Waals surface area contributed by atoms with Crippen molar-refractivity contribution in [2.75, 3.05) is 11.1 Å². The van der Waals surface area contributed by atoms with Gasteiger partial charge in [0.15, 0.2) is 0 Å². The van der Waals surface area contributed by atoms with E-state index in [-0.39, 0.29) is 5.91 Å². The van der Waals surface area contributed by atoms with Crippen molar-refractivity contribution < 1.29 is 4.79 Å². The molecular formula is C18H17N2OS. The number of benzene rings is 2. The van der Waals surface area contributed by atoms with Crippen LogP contribution in [0, 0.1) is 6.20 Å². The smallest absolute Gasteiger partial charge is 0.258 e. The molecule has 111 valence electrons. The Hall–Kier alpha value is -2.20. The van der Waals surface area contributed by atoms with Crippen molar-refractivity contribution in [2.45, 2.75) is 11.8 Å². The standard InChI is InChI=1S/C18H17N2OS/c1-3-22-14-9-10-17-15(11-14)16(12-20(17)2)18(21)19-13-7-5-4-6-8-13/h4-11H,3H2,1-2H3,(H,19,21). The Morgan fingerprint density at radius 2 is 2.00 bits per heavy atom. The first-order valence-corrected chi connectivity index (χ1v) is 8.18. The minimum Gasteiger partial charge on any atom is -0.342 e. The van der Waals surface area contributed by atoms with Crippen molar-refractivity contribution in [3.05, 3.63) is 60.3 Å². The van der Waals surface area contributed by atoms with Crippen molar-refractivity contribution in [2.24, 2.45) is 7.05 Å². The SMILES string of the molecule is CCSc1ccc2c(c1)c(C(=O)Nc1ccccc1)[c]n2C. The molecule has 3 nitrogen and oxygen atoms in total. The van der Waals surface area contributed by atoms with Gasteiger partial charge in [-0.2, -0.15) is 0 Å². The summed E-state index contributed by atoms with van der Waals surface area (Å²) in [6.45, 7) is 2.12. The zero-order valence-corrected chi connectivity index (χ0v) is 13.4. The molecule has 1 heterocycles. The van der Waals surface area contributed by atoms with E-state index in [9.17, 15) is 4.79 Å². The molecule has 0 atom stereocenters. The first kappa shape index (κ1) is 14.7. The fourth-order valence-corrected chi connectivity index (χ4v) is 3.14. The molecule has 4 heteroatoms. The average molecular weight is 309 g/mol. The fraction of sp³-hybridized carbons (Fsp3) is 0.167.